The molecule has 2 heterocycles. The zero-order valence-electron chi connectivity index (χ0n) is 19.2. The first-order valence-electron chi connectivity index (χ1n) is 10.5. The van der Waals surface area contributed by atoms with Crippen molar-refractivity contribution in [3.05, 3.63) is 83.2 Å². The van der Waals surface area contributed by atoms with E-state index in [1.165, 1.54) is 43.2 Å². The Morgan fingerprint density at radius 2 is 1.74 bits per heavy atom. The molecule has 2 aromatic heterocycles. The number of hydrogen-bond donors (Lipinski definition) is 2. The Labute approximate surface area is 199 Å². The van der Waals surface area contributed by atoms with Gasteiger partial charge in [0.15, 0.2) is 5.69 Å². The average Bonchev–Trinajstić information content (AvgIpc) is 3.13. The van der Waals surface area contributed by atoms with Gasteiger partial charge in [-0.25, -0.2) is 18.6 Å². The van der Waals surface area contributed by atoms with Crippen LogP contribution in [0.1, 0.15) is 26.4 Å². The van der Waals surface area contributed by atoms with Crippen molar-refractivity contribution in [2.24, 2.45) is 7.05 Å². The molecule has 0 atom stereocenters. The molecule has 0 bridgehead atoms. The van der Waals surface area contributed by atoms with E-state index in [1.54, 1.807) is 37.4 Å². The van der Waals surface area contributed by atoms with Crippen LogP contribution < -0.4 is 15.4 Å². The minimum absolute atomic E-state index is 0.0918. The van der Waals surface area contributed by atoms with Crippen LogP contribution in [0.25, 0.3) is 11.0 Å². The van der Waals surface area contributed by atoms with E-state index in [-0.39, 0.29) is 23.5 Å². The number of esters is 1. The number of pyridine rings is 1. The minimum Gasteiger partial charge on any atom is -0.497 e. The van der Waals surface area contributed by atoms with Crippen molar-refractivity contribution < 1.29 is 27.8 Å². The van der Waals surface area contributed by atoms with Gasteiger partial charge in [-0.1, -0.05) is 6.07 Å². The number of aromatic nitrogens is 2. The third kappa shape index (κ3) is 4.63. The molecule has 0 aliphatic carbocycles. The zero-order valence-corrected chi connectivity index (χ0v) is 19.2. The molecule has 0 radical (unpaired) electrons. The number of halogens is 2. The van der Waals surface area contributed by atoms with Crippen molar-refractivity contribution in [1.82, 2.24) is 9.55 Å². The highest BCUT2D eigenvalue weighted by Gasteiger charge is 2.25. The highest BCUT2D eigenvalue weighted by molar-refractivity contribution is 6.14. The van der Waals surface area contributed by atoms with E-state index in [9.17, 15) is 18.4 Å². The van der Waals surface area contributed by atoms with Crippen molar-refractivity contribution in [1.29, 1.82) is 0 Å². The standard InChI is InChI=1S/C25H22F2N4O4/c1-31-22(25(33)35-3)21(30-24(32)14-7-9-16(34-2)10-8-14)17-11-15(12-29-23(17)31)28-13-18-19(26)5-4-6-20(18)27/h4-12,28H,13H2,1-3H3,(H,30,32). The molecule has 0 aliphatic heterocycles. The van der Waals surface area contributed by atoms with Crippen LogP contribution in [0.3, 0.4) is 0 Å². The lowest BCUT2D eigenvalue weighted by Gasteiger charge is -2.10. The normalized spacial score (nSPS) is 10.8. The number of hydrogen-bond acceptors (Lipinski definition) is 6. The third-order valence-electron chi connectivity index (χ3n) is 5.53. The van der Waals surface area contributed by atoms with Gasteiger partial charge < -0.3 is 24.7 Å². The Morgan fingerprint density at radius 1 is 1.06 bits per heavy atom. The maximum atomic E-state index is 14.0. The predicted molar refractivity (Wildman–Crippen MR) is 127 cm³/mol. The molecule has 0 saturated carbocycles. The molecule has 35 heavy (non-hydrogen) atoms. The Morgan fingerprint density at radius 3 is 2.37 bits per heavy atom. The number of methoxy groups -OCH3 is 2. The van der Waals surface area contributed by atoms with Gasteiger partial charge in [-0.3, -0.25) is 4.79 Å². The number of ether oxygens (including phenoxy) is 2. The summed E-state index contributed by atoms with van der Waals surface area (Å²) in [5, 5.41) is 6.15. The fraction of sp³-hybridized carbons (Fsp3) is 0.160. The van der Waals surface area contributed by atoms with E-state index in [1.807, 2.05) is 0 Å². The highest BCUT2D eigenvalue weighted by atomic mass is 19.1. The van der Waals surface area contributed by atoms with Gasteiger partial charge in [0.1, 0.15) is 23.0 Å². The smallest absolute Gasteiger partial charge is 0.356 e. The summed E-state index contributed by atoms with van der Waals surface area (Å²) in [5.74, 6) is -1.89. The van der Waals surface area contributed by atoms with Crippen molar-refractivity contribution in [3.8, 4) is 5.75 Å². The first-order chi connectivity index (χ1) is 16.8. The number of aryl methyl sites for hydroxylation is 1. The Hall–Kier alpha value is -4.47. The summed E-state index contributed by atoms with van der Waals surface area (Å²) < 4.78 is 39.5. The molecule has 0 aliphatic rings. The predicted octanol–water partition coefficient (Wildman–Crippen LogP) is 4.51. The van der Waals surface area contributed by atoms with Crippen LogP contribution in [0.2, 0.25) is 0 Å². The topological polar surface area (TPSA) is 94.5 Å². The van der Waals surface area contributed by atoms with E-state index in [0.29, 0.717) is 28.0 Å². The molecule has 4 rings (SSSR count). The number of benzene rings is 2. The summed E-state index contributed by atoms with van der Waals surface area (Å²) in [4.78, 5) is 29.9. The minimum atomic E-state index is -0.674. The van der Waals surface area contributed by atoms with Crippen LogP contribution in [0.15, 0.2) is 54.7 Å². The van der Waals surface area contributed by atoms with Crippen LogP contribution >= 0.6 is 0 Å². The fourth-order valence-corrected chi connectivity index (χ4v) is 3.69. The third-order valence-corrected chi connectivity index (χ3v) is 5.53. The number of carbonyl (C=O) groups excluding carboxylic acids is 2. The Kier molecular flexibility index (Phi) is 6.63. The molecule has 8 nitrogen and oxygen atoms in total. The van der Waals surface area contributed by atoms with Gasteiger partial charge in [0, 0.05) is 30.1 Å². The van der Waals surface area contributed by atoms with Gasteiger partial charge in [0.05, 0.1) is 31.8 Å². The quantitative estimate of drug-likeness (QED) is 0.378. The monoisotopic (exact) mass is 480 g/mol. The number of anilines is 2. The summed E-state index contributed by atoms with van der Waals surface area (Å²) in [6.07, 6.45) is 1.47. The summed E-state index contributed by atoms with van der Waals surface area (Å²) in [6.45, 7) is -0.129. The van der Waals surface area contributed by atoms with Crippen LogP contribution in [-0.2, 0) is 18.3 Å². The summed E-state index contributed by atoms with van der Waals surface area (Å²) in [6, 6.07) is 11.7. The molecule has 1 amide bonds. The zero-order chi connectivity index (χ0) is 25.1. The second kappa shape index (κ2) is 9.80. The van der Waals surface area contributed by atoms with Crippen molar-refractivity contribution >= 4 is 34.3 Å². The summed E-state index contributed by atoms with van der Waals surface area (Å²) in [5.41, 5.74) is 1.34. The van der Waals surface area contributed by atoms with Gasteiger partial charge in [0.25, 0.3) is 5.91 Å². The maximum absolute atomic E-state index is 14.0. The van der Waals surface area contributed by atoms with Crippen LogP contribution in [-0.4, -0.2) is 35.6 Å². The average molecular weight is 480 g/mol. The number of nitrogens with one attached hydrogen (secondary N) is 2. The highest BCUT2D eigenvalue weighted by Crippen LogP contribution is 2.32. The van der Waals surface area contributed by atoms with Gasteiger partial charge in [-0.2, -0.15) is 0 Å². The van der Waals surface area contributed by atoms with Gasteiger partial charge in [0.2, 0.25) is 0 Å². The van der Waals surface area contributed by atoms with Crippen LogP contribution in [0.4, 0.5) is 20.2 Å². The molecule has 4 aromatic rings. The second-order valence-corrected chi connectivity index (χ2v) is 7.61. The first kappa shape index (κ1) is 23.7. The van der Waals surface area contributed by atoms with Gasteiger partial charge in [-0.05, 0) is 42.5 Å². The van der Waals surface area contributed by atoms with E-state index < -0.39 is 23.5 Å². The molecule has 10 heteroatoms. The molecule has 2 aromatic carbocycles. The van der Waals surface area contributed by atoms with Crippen molar-refractivity contribution in [3.63, 3.8) is 0 Å². The molecular formula is C25H22F2N4O4. The largest absolute Gasteiger partial charge is 0.497 e. The molecular weight excluding hydrogens is 458 g/mol. The van der Waals surface area contributed by atoms with E-state index in [0.717, 1.165) is 0 Å². The van der Waals surface area contributed by atoms with Crippen molar-refractivity contribution in [2.45, 2.75) is 6.54 Å². The van der Waals surface area contributed by atoms with E-state index >= 15 is 0 Å². The SMILES string of the molecule is COC(=O)c1c(NC(=O)c2ccc(OC)cc2)c2cc(NCc3c(F)cccc3F)cnc2n1C. The number of rotatable bonds is 7. The lowest BCUT2D eigenvalue weighted by molar-refractivity contribution is 0.0591. The summed E-state index contributed by atoms with van der Waals surface area (Å²) in [7, 11) is 4.37. The van der Waals surface area contributed by atoms with Crippen LogP contribution in [0, 0.1) is 11.6 Å². The number of fused-ring (bicyclic) bond motifs is 1. The molecule has 0 spiro atoms. The number of carbonyl (C=O) groups is 2. The van der Waals surface area contributed by atoms with Crippen LogP contribution in [0.5, 0.6) is 5.75 Å². The molecule has 0 saturated heterocycles. The van der Waals surface area contributed by atoms with Gasteiger partial charge in [-0.15, -0.1) is 0 Å². The maximum Gasteiger partial charge on any atom is 0.356 e. The fourth-order valence-electron chi connectivity index (χ4n) is 3.69. The summed E-state index contributed by atoms with van der Waals surface area (Å²) >= 11 is 0. The Bertz CT molecular complexity index is 1400. The molecule has 0 unspecified atom stereocenters. The lowest BCUT2D eigenvalue weighted by atomic mass is 10.1. The van der Waals surface area contributed by atoms with E-state index in [2.05, 4.69) is 15.6 Å². The molecule has 180 valence electrons. The Balaban J connectivity index is 1.71. The van der Waals surface area contributed by atoms with E-state index in [4.69, 9.17) is 9.47 Å². The van der Waals surface area contributed by atoms with Crippen molar-refractivity contribution in [2.75, 3.05) is 24.9 Å². The second-order valence-electron chi connectivity index (χ2n) is 7.61. The molecule has 2 N–H and O–H groups in total. The molecule has 0 fully saturated rings. The number of amides is 1. The van der Waals surface area contributed by atoms with Gasteiger partial charge >= 0.3 is 5.97 Å². The number of nitrogens with zero attached hydrogens (tertiary/aromatic N) is 2. The lowest BCUT2D eigenvalue weighted by Crippen LogP contribution is -2.16. The first-order valence-corrected chi connectivity index (χ1v) is 10.5.